The lowest BCUT2D eigenvalue weighted by molar-refractivity contribution is -0.384. The van der Waals surface area contributed by atoms with Crippen molar-refractivity contribution >= 4 is 23.0 Å². The van der Waals surface area contributed by atoms with E-state index in [0.29, 0.717) is 10.7 Å². The first kappa shape index (κ1) is 12.2. The zero-order valence-electron chi connectivity index (χ0n) is 9.07. The lowest BCUT2D eigenvalue weighted by atomic mass is 10.2. The van der Waals surface area contributed by atoms with Gasteiger partial charge in [0, 0.05) is 23.1 Å². The van der Waals surface area contributed by atoms with Crippen molar-refractivity contribution in [3.8, 4) is 10.6 Å². The number of nitro benzene ring substituents is 1. The molecule has 92 valence electrons. The van der Waals surface area contributed by atoms with Gasteiger partial charge >= 0.3 is 5.97 Å². The minimum Gasteiger partial charge on any atom is -0.481 e. The summed E-state index contributed by atoms with van der Waals surface area (Å²) in [5, 5.41) is 21.5. The molecule has 0 spiro atoms. The van der Waals surface area contributed by atoms with Crippen LogP contribution >= 0.6 is 11.3 Å². The number of rotatable bonds is 4. The molecule has 0 atom stereocenters. The molecule has 6 nitrogen and oxygen atoms in total. The van der Waals surface area contributed by atoms with Crippen molar-refractivity contribution in [1.29, 1.82) is 0 Å². The van der Waals surface area contributed by atoms with E-state index < -0.39 is 10.9 Å². The zero-order valence-corrected chi connectivity index (χ0v) is 9.88. The fraction of sp³-hybridized carbons (Fsp3) is 0.0909. The third-order valence-corrected chi connectivity index (χ3v) is 3.15. The minimum atomic E-state index is -0.935. The van der Waals surface area contributed by atoms with Gasteiger partial charge in [-0.05, 0) is 12.1 Å². The van der Waals surface area contributed by atoms with Gasteiger partial charge in [-0.15, -0.1) is 11.3 Å². The summed E-state index contributed by atoms with van der Waals surface area (Å²) in [5.74, 6) is -0.935. The van der Waals surface area contributed by atoms with Crippen LogP contribution < -0.4 is 0 Å². The van der Waals surface area contributed by atoms with E-state index in [-0.39, 0.29) is 12.1 Å². The first-order valence-electron chi connectivity index (χ1n) is 4.97. The first-order chi connectivity index (χ1) is 8.56. The van der Waals surface area contributed by atoms with Gasteiger partial charge in [-0.1, -0.05) is 0 Å². The van der Waals surface area contributed by atoms with Crippen LogP contribution in [0, 0.1) is 10.1 Å². The van der Waals surface area contributed by atoms with Crippen molar-refractivity contribution in [3.05, 3.63) is 45.5 Å². The molecular formula is C11H8N2O4S. The van der Waals surface area contributed by atoms with Gasteiger partial charge in [-0.3, -0.25) is 14.9 Å². The molecule has 1 N–H and O–H groups in total. The van der Waals surface area contributed by atoms with Gasteiger partial charge in [0.25, 0.3) is 5.69 Å². The number of hydrogen-bond acceptors (Lipinski definition) is 5. The summed E-state index contributed by atoms with van der Waals surface area (Å²) in [7, 11) is 0. The van der Waals surface area contributed by atoms with E-state index in [9.17, 15) is 14.9 Å². The monoisotopic (exact) mass is 264 g/mol. The number of benzene rings is 1. The lowest BCUT2D eigenvalue weighted by Gasteiger charge is -1.95. The number of non-ortho nitro benzene ring substituents is 1. The molecule has 0 aliphatic rings. The Morgan fingerprint density at radius 2 is 2.06 bits per heavy atom. The number of hydrogen-bond donors (Lipinski definition) is 1. The Balaban J connectivity index is 2.23. The van der Waals surface area contributed by atoms with Gasteiger partial charge < -0.3 is 5.11 Å². The fourth-order valence-corrected chi connectivity index (χ4v) is 2.23. The van der Waals surface area contributed by atoms with E-state index in [1.807, 2.05) is 0 Å². The molecule has 1 aromatic heterocycles. The van der Waals surface area contributed by atoms with Crippen LogP contribution in [0.4, 0.5) is 5.69 Å². The second kappa shape index (κ2) is 4.92. The van der Waals surface area contributed by atoms with Crippen LogP contribution in [0.25, 0.3) is 10.6 Å². The topological polar surface area (TPSA) is 93.3 Å². The second-order valence-corrected chi connectivity index (χ2v) is 4.38. The molecule has 7 heteroatoms. The van der Waals surface area contributed by atoms with Crippen LogP contribution in [0.15, 0.2) is 29.6 Å². The number of thiazole rings is 1. The molecule has 0 aliphatic carbocycles. The van der Waals surface area contributed by atoms with E-state index in [1.165, 1.54) is 23.5 Å². The number of nitrogens with zero attached hydrogens (tertiary/aromatic N) is 2. The van der Waals surface area contributed by atoms with E-state index in [2.05, 4.69) is 4.98 Å². The summed E-state index contributed by atoms with van der Waals surface area (Å²) in [4.78, 5) is 24.7. The van der Waals surface area contributed by atoms with Crippen molar-refractivity contribution in [3.63, 3.8) is 0 Å². The highest BCUT2D eigenvalue weighted by Gasteiger charge is 2.09. The summed E-state index contributed by atoms with van der Waals surface area (Å²) >= 11 is 1.31. The largest absolute Gasteiger partial charge is 0.481 e. The molecule has 1 heterocycles. The van der Waals surface area contributed by atoms with E-state index in [4.69, 9.17) is 5.11 Å². The maximum Gasteiger partial charge on any atom is 0.309 e. The quantitative estimate of drug-likeness (QED) is 0.675. The third kappa shape index (κ3) is 2.69. The van der Waals surface area contributed by atoms with Gasteiger partial charge in [0.05, 0.1) is 17.0 Å². The molecule has 1 aromatic carbocycles. The maximum atomic E-state index is 10.5. The Bertz CT molecular complexity index is 591. The average molecular weight is 264 g/mol. The molecule has 18 heavy (non-hydrogen) atoms. The van der Waals surface area contributed by atoms with Crippen LogP contribution in [0.5, 0.6) is 0 Å². The van der Waals surface area contributed by atoms with Gasteiger partial charge in [0.1, 0.15) is 5.01 Å². The van der Waals surface area contributed by atoms with Gasteiger partial charge in [0.2, 0.25) is 0 Å². The molecule has 0 aliphatic heterocycles. The Kier molecular flexibility index (Phi) is 3.33. The van der Waals surface area contributed by atoms with Crippen LogP contribution in [0.3, 0.4) is 0 Å². The van der Waals surface area contributed by atoms with Crippen LogP contribution in [-0.4, -0.2) is 21.0 Å². The maximum absolute atomic E-state index is 10.5. The number of carboxylic acid groups (broad SMARTS) is 1. The van der Waals surface area contributed by atoms with Crippen molar-refractivity contribution in [2.45, 2.75) is 6.42 Å². The lowest BCUT2D eigenvalue weighted by Crippen LogP contribution is -1.99. The number of aromatic nitrogens is 1. The smallest absolute Gasteiger partial charge is 0.309 e. The highest BCUT2D eigenvalue weighted by molar-refractivity contribution is 7.13. The first-order valence-corrected chi connectivity index (χ1v) is 5.85. The summed E-state index contributed by atoms with van der Waals surface area (Å²) < 4.78 is 0. The van der Waals surface area contributed by atoms with E-state index in [1.54, 1.807) is 17.5 Å². The van der Waals surface area contributed by atoms with E-state index in [0.717, 1.165) is 5.56 Å². The van der Waals surface area contributed by atoms with E-state index >= 15 is 0 Å². The number of carboxylic acids is 1. The summed E-state index contributed by atoms with van der Waals surface area (Å²) in [5.41, 5.74) is 1.24. The van der Waals surface area contributed by atoms with Gasteiger partial charge in [-0.25, -0.2) is 4.98 Å². The molecule has 2 aromatic rings. The Morgan fingerprint density at radius 3 is 2.61 bits per heavy atom. The third-order valence-electron chi connectivity index (χ3n) is 2.21. The van der Waals surface area contributed by atoms with Crippen LogP contribution in [0.1, 0.15) is 5.69 Å². The molecule has 0 unspecified atom stereocenters. The Labute approximate surface area is 106 Å². The molecule has 0 saturated heterocycles. The summed E-state index contributed by atoms with van der Waals surface area (Å²) in [6.07, 6.45) is -0.122. The summed E-state index contributed by atoms with van der Waals surface area (Å²) in [6.45, 7) is 0. The molecule has 0 radical (unpaired) electrons. The second-order valence-electron chi connectivity index (χ2n) is 3.52. The number of nitro groups is 1. The predicted molar refractivity (Wildman–Crippen MR) is 65.5 cm³/mol. The normalized spacial score (nSPS) is 10.2. The van der Waals surface area contributed by atoms with Crippen LogP contribution in [-0.2, 0) is 11.2 Å². The van der Waals surface area contributed by atoms with Crippen LogP contribution in [0.2, 0.25) is 0 Å². The van der Waals surface area contributed by atoms with Crippen molar-refractivity contribution in [2.24, 2.45) is 0 Å². The number of aliphatic carboxylic acids is 1. The molecule has 0 amide bonds. The highest BCUT2D eigenvalue weighted by atomic mass is 32.1. The van der Waals surface area contributed by atoms with Gasteiger partial charge in [0.15, 0.2) is 0 Å². The average Bonchev–Trinajstić information content (AvgIpc) is 2.76. The standard InChI is InChI=1S/C11H8N2O4S/c14-10(15)5-8-6-18-11(12-8)7-1-3-9(4-2-7)13(16)17/h1-4,6H,5H2,(H,14,15). The Morgan fingerprint density at radius 1 is 1.39 bits per heavy atom. The molecular weight excluding hydrogens is 256 g/mol. The Hall–Kier alpha value is -2.28. The fourth-order valence-electron chi connectivity index (χ4n) is 1.40. The van der Waals surface area contributed by atoms with Crippen molar-refractivity contribution < 1.29 is 14.8 Å². The minimum absolute atomic E-state index is 0.0149. The number of carbonyl (C=O) groups is 1. The van der Waals surface area contributed by atoms with Crippen molar-refractivity contribution in [2.75, 3.05) is 0 Å². The zero-order chi connectivity index (χ0) is 13.1. The molecule has 2 rings (SSSR count). The highest BCUT2D eigenvalue weighted by Crippen LogP contribution is 2.25. The molecule has 0 bridgehead atoms. The van der Waals surface area contributed by atoms with Crippen molar-refractivity contribution in [1.82, 2.24) is 4.98 Å². The molecule has 0 fully saturated rings. The predicted octanol–water partition coefficient (Wildman–Crippen LogP) is 2.35. The summed E-state index contributed by atoms with van der Waals surface area (Å²) in [6, 6.07) is 5.99. The molecule has 0 saturated carbocycles. The van der Waals surface area contributed by atoms with Gasteiger partial charge in [-0.2, -0.15) is 0 Å². The SMILES string of the molecule is O=C(O)Cc1csc(-c2ccc([N+](=O)[O-])cc2)n1.